The minimum atomic E-state index is -0.0513. The van der Waals surface area contributed by atoms with E-state index in [9.17, 15) is 9.59 Å². The molecular weight excluding hydrogens is 362 g/mol. The van der Waals surface area contributed by atoms with Gasteiger partial charge in [0, 0.05) is 31.6 Å². The first kappa shape index (κ1) is 21.7. The van der Waals surface area contributed by atoms with E-state index in [2.05, 4.69) is 10.6 Å². The average Bonchev–Trinajstić information content (AvgIpc) is 2.71. The lowest BCUT2D eigenvalue weighted by Crippen LogP contribution is -2.39. The topological polar surface area (TPSA) is 70.7 Å². The van der Waals surface area contributed by atoms with Gasteiger partial charge in [0.15, 0.2) is 0 Å². The molecule has 0 aromatic heterocycles. The number of hydrogen-bond acceptors (Lipinski definition) is 5. The molecule has 1 aliphatic heterocycles. The predicted molar refractivity (Wildman–Crippen MR) is 109 cm³/mol. The highest BCUT2D eigenvalue weighted by Gasteiger charge is 2.24. The number of ether oxygens (including phenoxy) is 1. The molecule has 1 saturated heterocycles. The number of amides is 2. The van der Waals surface area contributed by atoms with E-state index < -0.39 is 0 Å². The zero-order valence-corrected chi connectivity index (χ0v) is 17.1. The van der Waals surface area contributed by atoms with E-state index in [-0.39, 0.29) is 11.8 Å². The third-order valence-electron chi connectivity index (χ3n) is 4.81. The number of rotatable bonds is 10. The normalized spacial score (nSPS) is 15.0. The van der Waals surface area contributed by atoms with Gasteiger partial charge in [-0.25, -0.2) is 0 Å². The third-order valence-corrected chi connectivity index (χ3v) is 5.88. The monoisotopic (exact) mass is 393 g/mol. The molecule has 1 heterocycles. The second-order valence-electron chi connectivity index (χ2n) is 6.76. The van der Waals surface area contributed by atoms with Gasteiger partial charge in [0.1, 0.15) is 0 Å². The van der Waals surface area contributed by atoms with Gasteiger partial charge in [-0.3, -0.25) is 9.59 Å². The highest BCUT2D eigenvalue weighted by atomic mass is 32.2. The molecule has 1 aromatic rings. The number of piperidine rings is 1. The van der Waals surface area contributed by atoms with Gasteiger partial charge in [0.25, 0.3) is 5.91 Å². The van der Waals surface area contributed by atoms with Gasteiger partial charge in [-0.15, -0.1) is 11.8 Å². The van der Waals surface area contributed by atoms with Crippen molar-refractivity contribution in [3.05, 3.63) is 29.8 Å². The predicted octanol–water partition coefficient (Wildman–Crippen LogP) is 2.00. The second kappa shape index (κ2) is 12.0. The van der Waals surface area contributed by atoms with E-state index in [4.69, 9.17) is 4.74 Å². The van der Waals surface area contributed by atoms with Crippen LogP contribution in [0.5, 0.6) is 0 Å². The Hall–Kier alpha value is -1.57. The summed E-state index contributed by atoms with van der Waals surface area (Å²) in [6.07, 6.45) is 3.29. The van der Waals surface area contributed by atoms with Crippen LogP contribution in [-0.4, -0.2) is 69.4 Å². The fourth-order valence-corrected chi connectivity index (χ4v) is 4.07. The van der Waals surface area contributed by atoms with Crippen LogP contribution >= 0.6 is 11.8 Å². The van der Waals surface area contributed by atoms with Crippen LogP contribution in [0, 0.1) is 5.92 Å². The molecule has 0 unspecified atom stereocenters. The smallest absolute Gasteiger partial charge is 0.254 e. The molecule has 7 heteroatoms. The van der Waals surface area contributed by atoms with Crippen molar-refractivity contribution in [1.82, 2.24) is 15.5 Å². The van der Waals surface area contributed by atoms with Crippen molar-refractivity contribution in [2.75, 3.05) is 52.7 Å². The van der Waals surface area contributed by atoms with Gasteiger partial charge >= 0.3 is 0 Å². The Balaban J connectivity index is 1.89. The van der Waals surface area contributed by atoms with Crippen molar-refractivity contribution in [2.24, 2.45) is 5.92 Å². The van der Waals surface area contributed by atoms with Crippen LogP contribution in [0.25, 0.3) is 0 Å². The first-order chi connectivity index (χ1) is 13.2. The van der Waals surface area contributed by atoms with E-state index in [0.29, 0.717) is 30.4 Å². The highest BCUT2D eigenvalue weighted by Crippen LogP contribution is 2.26. The lowest BCUT2D eigenvalue weighted by molar-refractivity contribution is -0.118. The number of carbonyl (C=O) groups is 2. The first-order valence-corrected chi connectivity index (χ1v) is 10.6. The van der Waals surface area contributed by atoms with E-state index >= 15 is 0 Å². The van der Waals surface area contributed by atoms with Crippen molar-refractivity contribution < 1.29 is 14.3 Å². The molecule has 1 aromatic carbocycles. The molecule has 0 atom stereocenters. The molecule has 2 rings (SSSR count). The zero-order chi connectivity index (χ0) is 19.5. The lowest BCUT2D eigenvalue weighted by atomic mass is 9.93. The molecule has 0 bridgehead atoms. The molecular formula is C20H31N3O3S. The fraction of sp³-hybridized carbons (Fsp3) is 0.600. The van der Waals surface area contributed by atoms with Gasteiger partial charge < -0.3 is 20.3 Å². The number of nitrogens with one attached hydrogen (secondary N) is 2. The van der Waals surface area contributed by atoms with Crippen LogP contribution in [0.3, 0.4) is 0 Å². The van der Waals surface area contributed by atoms with Crippen molar-refractivity contribution >= 4 is 23.6 Å². The maximum atomic E-state index is 13.0. The van der Waals surface area contributed by atoms with E-state index in [0.717, 1.165) is 37.4 Å². The van der Waals surface area contributed by atoms with Crippen LogP contribution < -0.4 is 10.6 Å². The Morgan fingerprint density at radius 3 is 2.67 bits per heavy atom. The van der Waals surface area contributed by atoms with Crippen LogP contribution in [0.15, 0.2) is 29.2 Å². The number of nitrogens with zero attached hydrogens (tertiary/aromatic N) is 1. The van der Waals surface area contributed by atoms with Gasteiger partial charge in [0.05, 0.1) is 17.9 Å². The Kier molecular flexibility index (Phi) is 9.66. The SMILES string of the molecule is CNCCC1CCN(C(=O)c2ccccc2SCC(=O)NCCOC)CC1. The van der Waals surface area contributed by atoms with E-state index in [1.807, 2.05) is 36.2 Å². The Morgan fingerprint density at radius 2 is 1.96 bits per heavy atom. The fourth-order valence-electron chi connectivity index (χ4n) is 3.20. The average molecular weight is 394 g/mol. The molecule has 1 fully saturated rings. The first-order valence-electron chi connectivity index (χ1n) is 9.57. The summed E-state index contributed by atoms with van der Waals surface area (Å²) >= 11 is 1.41. The maximum absolute atomic E-state index is 13.0. The molecule has 0 saturated carbocycles. The molecule has 2 N–H and O–H groups in total. The van der Waals surface area contributed by atoms with Crippen LogP contribution in [0.1, 0.15) is 29.6 Å². The van der Waals surface area contributed by atoms with E-state index in [1.54, 1.807) is 7.11 Å². The van der Waals surface area contributed by atoms with Gasteiger partial charge in [0.2, 0.25) is 5.91 Å². The molecule has 0 spiro atoms. The summed E-state index contributed by atoms with van der Waals surface area (Å²) < 4.78 is 4.93. The molecule has 150 valence electrons. The highest BCUT2D eigenvalue weighted by molar-refractivity contribution is 8.00. The zero-order valence-electron chi connectivity index (χ0n) is 16.3. The number of methoxy groups -OCH3 is 1. The summed E-state index contributed by atoms with van der Waals surface area (Å²) in [5, 5.41) is 6.00. The Bertz CT molecular complexity index is 604. The molecule has 6 nitrogen and oxygen atoms in total. The summed E-state index contributed by atoms with van der Waals surface area (Å²) in [4.78, 5) is 27.7. The van der Waals surface area contributed by atoms with Crippen molar-refractivity contribution in [3.63, 3.8) is 0 Å². The Labute approximate surface area is 166 Å². The number of likely N-dealkylation sites (tertiary alicyclic amines) is 1. The summed E-state index contributed by atoms with van der Waals surface area (Å²) in [6.45, 7) is 3.65. The minimum Gasteiger partial charge on any atom is -0.383 e. The second-order valence-corrected chi connectivity index (χ2v) is 7.77. The number of carbonyl (C=O) groups excluding carboxylic acids is 2. The van der Waals surface area contributed by atoms with Crippen LogP contribution in [0.4, 0.5) is 0 Å². The number of hydrogen-bond donors (Lipinski definition) is 2. The van der Waals surface area contributed by atoms with Crippen molar-refractivity contribution in [2.45, 2.75) is 24.2 Å². The van der Waals surface area contributed by atoms with Gasteiger partial charge in [-0.05, 0) is 50.9 Å². The lowest BCUT2D eigenvalue weighted by Gasteiger charge is -2.32. The summed E-state index contributed by atoms with van der Waals surface area (Å²) in [7, 11) is 3.58. The largest absolute Gasteiger partial charge is 0.383 e. The number of thioether (sulfide) groups is 1. The summed E-state index contributed by atoms with van der Waals surface area (Å²) in [6, 6.07) is 7.57. The molecule has 27 heavy (non-hydrogen) atoms. The summed E-state index contributed by atoms with van der Waals surface area (Å²) in [5.41, 5.74) is 0.695. The number of benzene rings is 1. The third kappa shape index (κ3) is 7.16. The molecule has 2 amide bonds. The standard InChI is InChI=1S/C20H31N3O3S/c1-21-10-7-16-8-12-23(13-9-16)20(25)17-5-3-4-6-18(17)27-15-19(24)22-11-14-26-2/h3-6,16,21H,7-15H2,1-2H3,(H,22,24). The van der Waals surface area contributed by atoms with Crippen molar-refractivity contribution in [3.8, 4) is 0 Å². The summed E-state index contributed by atoms with van der Waals surface area (Å²) in [5.74, 6) is 1.01. The quantitative estimate of drug-likeness (QED) is 0.470. The van der Waals surface area contributed by atoms with Crippen LogP contribution in [-0.2, 0) is 9.53 Å². The van der Waals surface area contributed by atoms with Gasteiger partial charge in [-0.2, -0.15) is 0 Å². The van der Waals surface area contributed by atoms with E-state index in [1.165, 1.54) is 18.2 Å². The minimum absolute atomic E-state index is 0.0513. The molecule has 0 aliphatic carbocycles. The van der Waals surface area contributed by atoms with Gasteiger partial charge in [-0.1, -0.05) is 12.1 Å². The van der Waals surface area contributed by atoms with Crippen LogP contribution in [0.2, 0.25) is 0 Å². The van der Waals surface area contributed by atoms with Crippen molar-refractivity contribution in [1.29, 1.82) is 0 Å². The Morgan fingerprint density at radius 1 is 1.22 bits per heavy atom. The maximum Gasteiger partial charge on any atom is 0.254 e. The molecule has 1 aliphatic rings. The molecule has 0 radical (unpaired) electrons.